The van der Waals surface area contributed by atoms with Crippen molar-refractivity contribution in [2.45, 2.75) is 39.0 Å². The predicted molar refractivity (Wildman–Crippen MR) is 140 cm³/mol. The molecule has 1 aliphatic carbocycles. The first-order valence-electron chi connectivity index (χ1n) is 11.1. The van der Waals surface area contributed by atoms with Gasteiger partial charge in [0.1, 0.15) is 0 Å². The maximum absolute atomic E-state index is 12.9. The number of hydrogen-bond acceptors (Lipinski definition) is 4. The topological polar surface area (TPSA) is 94.1 Å². The van der Waals surface area contributed by atoms with Crippen molar-refractivity contribution < 1.29 is 13.2 Å². The fraction of sp³-hybridized carbons (Fsp3) is 0.636. The lowest BCUT2D eigenvalue weighted by Gasteiger charge is -2.29. The Hall–Kier alpha value is -1.56. The van der Waals surface area contributed by atoms with Gasteiger partial charge >= 0.3 is 0 Å². The molecule has 2 N–H and O–H groups in total. The van der Waals surface area contributed by atoms with Crippen molar-refractivity contribution in [2.75, 3.05) is 50.3 Å². The third-order valence-corrected chi connectivity index (χ3v) is 7.91. The summed E-state index contributed by atoms with van der Waals surface area (Å²) >= 11 is 0. The van der Waals surface area contributed by atoms with E-state index in [1.54, 1.807) is 19.0 Å². The molecule has 0 unspecified atom stereocenters. The number of anilines is 1. The Bertz CT molecular complexity index is 914. The molecule has 1 amide bonds. The number of carbonyl (C=O) groups is 1. The zero-order valence-corrected chi connectivity index (χ0v) is 22.4. The average Bonchev–Trinajstić information content (AvgIpc) is 3.39. The number of hydrogen-bond donors (Lipinski definition) is 2. The highest BCUT2D eigenvalue weighted by molar-refractivity contribution is 14.0. The standard InChI is InChI=1S/C22H35N5O3S.HI/c1-4-23-21(25-17-22(12-7-8-13-22)20(28)26(2)3)24-14-16-31(29,30)27-15-11-18-9-5-6-10-19(18)27;/h5-6,9-10H,4,7-8,11-17H2,1-3H3,(H2,23,24,25);1H. The molecule has 1 aliphatic heterocycles. The summed E-state index contributed by atoms with van der Waals surface area (Å²) in [6.45, 7) is 3.77. The Labute approximate surface area is 209 Å². The van der Waals surface area contributed by atoms with Gasteiger partial charge in [-0.1, -0.05) is 31.0 Å². The van der Waals surface area contributed by atoms with Crippen LogP contribution in [0.2, 0.25) is 0 Å². The number of fused-ring (bicyclic) bond motifs is 1. The van der Waals surface area contributed by atoms with Crippen molar-refractivity contribution >= 4 is 51.6 Å². The molecule has 0 atom stereocenters. The van der Waals surface area contributed by atoms with E-state index in [9.17, 15) is 13.2 Å². The first-order valence-corrected chi connectivity index (χ1v) is 12.7. The third-order valence-electron chi connectivity index (χ3n) is 6.14. The number of rotatable bonds is 8. The van der Waals surface area contributed by atoms with Gasteiger partial charge in [0.2, 0.25) is 15.9 Å². The van der Waals surface area contributed by atoms with Crippen LogP contribution < -0.4 is 14.9 Å². The highest BCUT2D eigenvalue weighted by atomic mass is 127. The van der Waals surface area contributed by atoms with Crippen LogP contribution in [0.25, 0.3) is 0 Å². The number of halogens is 1. The third kappa shape index (κ3) is 6.06. The fourth-order valence-corrected chi connectivity index (χ4v) is 5.97. The van der Waals surface area contributed by atoms with Gasteiger partial charge in [0.05, 0.1) is 23.4 Å². The van der Waals surface area contributed by atoms with Gasteiger partial charge in [0.25, 0.3) is 0 Å². The highest BCUT2D eigenvalue weighted by Crippen LogP contribution is 2.39. The minimum atomic E-state index is -3.42. The summed E-state index contributed by atoms with van der Waals surface area (Å²) in [5.74, 6) is 0.658. The number of carbonyl (C=O) groups excluding carboxylic acids is 1. The summed E-state index contributed by atoms with van der Waals surface area (Å²) in [6, 6.07) is 7.65. The number of guanidine groups is 1. The summed E-state index contributed by atoms with van der Waals surface area (Å²) in [6.07, 6.45) is 4.50. The van der Waals surface area contributed by atoms with Crippen molar-refractivity contribution in [3.05, 3.63) is 29.8 Å². The zero-order chi connectivity index (χ0) is 22.5. The molecule has 32 heavy (non-hydrogen) atoms. The van der Waals surface area contributed by atoms with Crippen LogP contribution in [0.1, 0.15) is 38.2 Å². The molecule has 3 rings (SSSR count). The largest absolute Gasteiger partial charge is 0.357 e. The quantitative estimate of drug-likeness (QED) is 0.281. The molecule has 1 aromatic carbocycles. The lowest BCUT2D eigenvalue weighted by molar-refractivity contribution is -0.138. The molecule has 0 bridgehead atoms. The van der Waals surface area contributed by atoms with Gasteiger partial charge in [0, 0.05) is 33.7 Å². The first-order chi connectivity index (χ1) is 14.8. The molecular weight excluding hydrogens is 541 g/mol. The van der Waals surface area contributed by atoms with Crippen molar-refractivity contribution in [3.63, 3.8) is 0 Å². The van der Waals surface area contributed by atoms with Gasteiger partial charge in [-0.15, -0.1) is 24.0 Å². The van der Waals surface area contributed by atoms with E-state index in [-0.39, 0.29) is 42.2 Å². The molecule has 1 heterocycles. The summed E-state index contributed by atoms with van der Waals surface area (Å²) < 4.78 is 27.3. The number of benzene rings is 1. The second-order valence-corrected chi connectivity index (χ2v) is 10.6. The van der Waals surface area contributed by atoms with Crippen LogP contribution in [-0.4, -0.2) is 71.2 Å². The van der Waals surface area contributed by atoms with Crippen molar-refractivity contribution in [2.24, 2.45) is 10.4 Å². The molecule has 0 saturated heterocycles. The summed E-state index contributed by atoms with van der Waals surface area (Å²) in [5.41, 5.74) is 1.41. The minimum absolute atomic E-state index is 0. The highest BCUT2D eigenvalue weighted by Gasteiger charge is 2.42. The van der Waals surface area contributed by atoms with Crippen LogP contribution in [-0.2, 0) is 21.2 Å². The number of nitrogens with one attached hydrogen (secondary N) is 2. The molecule has 1 saturated carbocycles. The average molecular weight is 578 g/mol. The number of para-hydroxylation sites is 1. The lowest BCUT2D eigenvalue weighted by Crippen LogP contribution is -2.44. The Kier molecular flexibility index (Phi) is 9.62. The second kappa shape index (κ2) is 11.5. The molecule has 0 aromatic heterocycles. The van der Waals surface area contributed by atoms with Crippen LogP contribution in [0.5, 0.6) is 0 Å². The molecular formula is C22H36IN5O3S. The predicted octanol–water partition coefficient (Wildman–Crippen LogP) is 2.20. The van der Waals surface area contributed by atoms with Crippen LogP contribution in [0.15, 0.2) is 29.3 Å². The molecule has 10 heteroatoms. The van der Waals surface area contributed by atoms with Crippen molar-refractivity contribution in [1.82, 2.24) is 15.5 Å². The Balaban J connectivity index is 0.00000363. The number of sulfonamides is 1. The van der Waals surface area contributed by atoms with Crippen LogP contribution in [0.4, 0.5) is 5.69 Å². The number of nitrogens with zero attached hydrogens (tertiary/aromatic N) is 3. The van der Waals surface area contributed by atoms with E-state index < -0.39 is 15.4 Å². The number of aliphatic imine (C=N–C) groups is 1. The second-order valence-electron chi connectivity index (χ2n) is 8.58. The van der Waals surface area contributed by atoms with Crippen LogP contribution in [0, 0.1) is 5.41 Å². The SMILES string of the molecule is CCNC(=NCC1(C(=O)N(C)C)CCCC1)NCCS(=O)(=O)N1CCc2ccccc21.I. The van der Waals surface area contributed by atoms with E-state index in [0.29, 0.717) is 25.6 Å². The van der Waals surface area contributed by atoms with E-state index in [4.69, 9.17) is 0 Å². The van der Waals surface area contributed by atoms with Crippen molar-refractivity contribution in [1.29, 1.82) is 0 Å². The van der Waals surface area contributed by atoms with Gasteiger partial charge in [0.15, 0.2) is 5.96 Å². The first kappa shape index (κ1) is 26.7. The monoisotopic (exact) mass is 577 g/mol. The van der Waals surface area contributed by atoms with Crippen LogP contribution in [0.3, 0.4) is 0 Å². The minimum Gasteiger partial charge on any atom is -0.357 e. The maximum atomic E-state index is 12.9. The summed E-state index contributed by atoms with van der Waals surface area (Å²) in [7, 11) is 0.153. The molecule has 0 radical (unpaired) electrons. The van der Waals surface area contributed by atoms with E-state index in [1.165, 1.54) is 4.31 Å². The molecule has 8 nitrogen and oxygen atoms in total. The summed E-state index contributed by atoms with van der Waals surface area (Å²) in [5, 5.41) is 6.31. The molecule has 180 valence electrons. The van der Waals surface area contributed by atoms with E-state index >= 15 is 0 Å². The molecule has 1 fully saturated rings. The van der Waals surface area contributed by atoms with Gasteiger partial charge in [-0.25, -0.2) is 8.42 Å². The van der Waals surface area contributed by atoms with Gasteiger partial charge < -0.3 is 15.5 Å². The van der Waals surface area contributed by atoms with Gasteiger partial charge in [-0.2, -0.15) is 0 Å². The summed E-state index contributed by atoms with van der Waals surface area (Å²) in [4.78, 5) is 19.1. The van der Waals surface area contributed by atoms with Gasteiger partial charge in [-0.05, 0) is 37.8 Å². The maximum Gasteiger partial charge on any atom is 0.236 e. The van der Waals surface area contributed by atoms with Crippen molar-refractivity contribution in [3.8, 4) is 0 Å². The Morgan fingerprint density at radius 1 is 1.19 bits per heavy atom. The van der Waals surface area contributed by atoms with Crippen LogP contribution >= 0.6 is 24.0 Å². The zero-order valence-electron chi connectivity index (χ0n) is 19.3. The number of amides is 1. The Morgan fingerprint density at radius 2 is 1.88 bits per heavy atom. The molecule has 1 aromatic rings. The van der Waals surface area contributed by atoms with E-state index in [2.05, 4.69) is 15.6 Å². The van der Waals surface area contributed by atoms with E-state index in [0.717, 1.165) is 43.4 Å². The normalized spacial score (nSPS) is 17.5. The molecule has 0 spiro atoms. The molecule has 2 aliphatic rings. The smallest absolute Gasteiger partial charge is 0.236 e. The Morgan fingerprint density at radius 3 is 2.53 bits per heavy atom. The lowest BCUT2D eigenvalue weighted by atomic mass is 9.85. The van der Waals surface area contributed by atoms with E-state index in [1.807, 2.05) is 31.2 Å². The fourth-order valence-electron chi connectivity index (χ4n) is 4.54. The van der Waals surface area contributed by atoms with Gasteiger partial charge in [-0.3, -0.25) is 14.1 Å².